The molecule has 0 atom stereocenters. The predicted octanol–water partition coefficient (Wildman–Crippen LogP) is 4.35. The van der Waals surface area contributed by atoms with Crippen molar-refractivity contribution in [2.45, 2.75) is 32.6 Å². The first-order valence-electron chi connectivity index (χ1n) is 10.4. The molecule has 0 saturated carbocycles. The molecule has 0 fully saturated rings. The Balaban J connectivity index is 1.61. The second-order valence-electron chi connectivity index (χ2n) is 7.33. The lowest BCUT2D eigenvalue weighted by Crippen LogP contribution is -2.33. The molecular formula is C23H20ClFN2O6. The van der Waals surface area contributed by atoms with Crippen LogP contribution in [0.4, 0.5) is 10.2 Å². The Labute approximate surface area is 193 Å². The molecule has 33 heavy (non-hydrogen) atoms. The van der Waals surface area contributed by atoms with Crippen LogP contribution in [0.2, 0.25) is 5.02 Å². The van der Waals surface area contributed by atoms with Crippen molar-refractivity contribution < 1.29 is 33.0 Å². The van der Waals surface area contributed by atoms with Gasteiger partial charge >= 0.3 is 5.97 Å². The Morgan fingerprint density at radius 3 is 2.39 bits per heavy atom. The zero-order chi connectivity index (χ0) is 23.5. The third-order valence-electron chi connectivity index (χ3n) is 5.19. The molecule has 1 aliphatic carbocycles. The number of para-hydroxylation sites is 2. The Hall–Kier alpha value is -3.46. The van der Waals surface area contributed by atoms with Crippen molar-refractivity contribution in [2.24, 2.45) is 0 Å². The van der Waals surface area contributed by atoms with Gasteiger partial charge in [0, 0.05) is 17.2 Å². The molecule has 1 aliphatic heterocycles. The highest BCUT2D eigenvalue weighted by Gasteiger charge is 2.42. The van der Waals surface area contributed by atoms with Gasteiger partial charge in [-0.05, 0) is 44.7 Å². The Morgan fingerprint density at radius 1 is 1.12 bits per heavy atom. The lowest BCUT2D eigenvalue weighted by Gasteiger charge is -2.17. The smallest absolute Gasteiger partial charge is 0.344 e. The second-order valence-corrected chi connectivity index (χ2v) is 7.74. The number of ether oxygens (including phenoxy) is 3. The van der Waals surface area contributed by atoms with Crippen LogP contribution in [0.3, 0.4) is 0 Å². The van der Waals surface area contributed by atoms with Gasteiger partial charge in [0.2, 0.25) is 5.88 Å². The normalized spacial score (nSPS) is 15.5. The van der Waals surface area contributed by atoms with Crippen molar-refractivity contribution in [1.82, 2.24) is 4.98 Å². The van der Waals surface area contributed by atoms with E-state index in [0.29, 0.717) is 24.0 Å². The van der Waals surface area contributed by atoms with Gasteiger partial charge in [0.25, 0.3) is 11.8 Å². The van der Waals surface area contributed by atoms with Gasteiger partial charge in [-0.3, -0.25) is 9.59 Å². The second kappa shape index (κ2) is 9.58. The van der Waals surface area contributed by atoms with Crippen LogP contribution in [0.15, 0.2) is 41.5 Å². The minimum atomic E-state index is -0.930. The van der Waals surface area contributed by atoms with Gasteiger partial charge in [0.05, 0.1) is 6.61 Å². The van der Waals surface area contributed by atoms with E-state index in [4.69, 9.17) is 25.8 Å². The number of nitrogens with zero attached hydrogens (tertiary/aromatic N) is 2. The standard InChI is InChI=1S/C23H20ClFN2O6/c1-2-31-19(28)12-32-17-9-5-6-10-18(17)33-21-15(24)11-16(25)20(26-21)27-22(29)13-7-3-4-8-14(13)23(27)30/h5-6,9-11H,2-4,7-8,12H2,1H3. The van der Waals surface area contributed by atoms with Crippen LogP contribution >= 0.6 is 11.6 Å². The lowest BCUT2D eigenvalue weighted by atomic mass is 9.93. The van der Waals surface area contributed by atoms with E-state index in [9.17, 15) is 18.8 Å². The number of hydrogen-bond donors (Lipinski definition) is 0. The van der Waals surface area contributed by atoms with E-state index in [1.165, 1.54) is 6.07 Å². The number of carbonyl (C=O) groups excluding carboxylic acids is 3. The molecule has 172 valence electrons. The summed E-state index contributed by atoms with van der Waals surface area (Å²) in [5, 5.41) is -0.173. The van der Waals surface area contributed by atoms with E-state index in [1.54, 1.807) is 25.1 Å². The summed E-state index contributed by atoms with van der Waals surface area (Å²) in [6, 6.07) is 7.33. The molecule has 4 rings (SSSR count). The minimum absolute atomic E-state index is 0.144. The summed E-state index contributed by atoms with van der Waals surface area (Å²) in [5.74, 6) is -3.02. The highest BCUT2D eigenvalue weighted by Crippen LogP contribution is 2.39. The summed E-state index contributed by atoms with van der Waals surface area (Å²) in [5.41, 5.74) is 0.810. The number of esters is 1. The maximum atomic E-state index is 14.8. The minimum Gasteiger partial charge on any atom is -0.478 e. The van der Waals surface area contributed by atoms with Crippen LogP contribution in [-0.2, 0) is 19.1 Å². The number of pyridine rings is 1. The van der Waals surface area contributed by atoms with Gasteiger partial charge in [0.15, 0.2) is 29.7 Å². The maximum Gasteiger partial charge on any atom is 0.344 e. The predicted molar refractivity (Wildman–Crippen MR) is 116 cm³/mol. The monoisotopic (exact) mass is 474 g/mol. The highest BCUT2D eigenvalue weighted by molar-refractivity contribution is 6.33. The number of hydrogen-bond acceptors (Lipinski definition) is 7. The van der Waals surface area contributed by atoms with E-state index in [-0.39, 0.29) is 35.6 Å². The molecule has 0 saturated heterocycles. The topological polar surface area (TPSA) is 95.0 Å². The van der Waals surface area contributed by atoms with Crippen molar-refractivity contribution in [3.05, 3.63) is 52.3 Å². The van der Waals surface area contributed by atoms with E-state index in [0.717, 1.165) is 23.8 Å². The summed E-state index contributed by atoms with van der Waals surface area (Å²) in [4.78, 5) is 42.0. The zero-order valence-corrected chi connectivity index (χ0v) is 18.5. The summed E-state index contributed by atoms with van der Waals surface area (Å²) in [7, 11) is 0. The molecule has 1 aromatic carbocycles. The van der Waals surface area contributed by atoms with E-state index in [2.05, 4.69) is 4.98 Å². The molecule has 0 bridgehead atoms. The van der Waals surface area contributed by atoms with Gasteiger partial charge in [0.1, 0.15) is 5.02 Å². The van der Waals surface area contributed by atoms with Gasteiger partial charge in [-0.25, -0.2) is 14.1 Å². The molecule has 0 radical (unpaired) electrons. The van der Waals surface area contributed by atoms with Gasteiger partial charge in [-0.2, -0.15) is 4.98 Å². The summed E-state index contributed by atoms with van der Waals surface area (Å²) in [6.07, 6.45) is 2.53. The van der Waals surface area contributed by atoms with E-state index in [1.807, 2.05) is 0 Å². The molecule has 2 heterocycles. The fourth-order valence-electron chi connectivity index (χ4n) is 3.70. The molecule has 2 aliphatic rings. The molecule has 0 N–H and O–H groups in total. The average molecular weight is 475 g/mol. The zero-order valence-electron chi connectivity index (χ0n) is 17.7. The van der Waals surface area contributed by atoms with Crippen LogP contribution in [0.25, 0.3) is 0 Å². The van der Waals surface area contributed by atoms with E-state index < -0.39 is 29.4 Å². The molecule has 0 unspecified atom stereocenters. The first-order chi connectivity index (χ1) is 15.9. The van der Waals surface area contributed by atoms with Gasteiger partial charge < -0.3 is 14.2 Å². The van der Waals surface area contributed by atoms with Crippen LogP contribution < -0.4 is 14.4 Å². The number of benzene rings is 1. The number of imide groups is 1. The van der Waals surface area contributed by atoms with Crippen LogP contribution in [-0.4, -0.2) is 36.0 Å². The molecular weight excluding hydrogens is 455 g/mol. The molecule has 10 heteroatoms. The molecule has 2 amide bonds. The van der Waals surface area contributed by atoms with E-state index >= 15 is 0 Å². The quantitative estimate of drug-likeness (QED) is 0.435. The third-order valence-corrected chi connectivity index (χ3v) is 5.46. The first-order valence-corrected chi connectivity index (χ1v) is 10.8. The molecule has 8 nitrogen and oxygen atoms in total. The largest absolute Gasteiger partial charge is 0.478 e. The first kappa shape index (κ1) is 22.7. The van der Waals surface area contributed by atoms with Crippen LogP contribution in [0, 0.1) is 5.82 Å². The van der Waals surface area contributed by atoms with Crippen LogP contribution in [0.1, 0.15) is 32.6 Å². The molecule has 2 aromatic rings. The Kier molecular flexibility index (Phi) is 6.60. The van der Waals surface area contributed by atoms with Crippen molar-refractivity contribution in [1.29, 1.82) is 0 Å². The lowest BCUT2D eigenvalue weighted by molar-refractivity contribution is -0.145. The molecule has 1 aromatic heterocycles. The number of halogens is 2. The van der Waals surface area contributed by atoms with Crippen molar-refractivity contribution >= 4 is 35.2 Å². The van der Waals surface area contributed by atoms with Gasteiger partial charge in [-0.1, -0.05) is 23.7 Å². The Bertz CT molecular complexity index is 1140. The summed E-state index contributed by atoms with van der Waals surface area (Å²) < 4.78 is 30.8. The maximum absolute atomic E-state index is 14.8. The molecule has 0 spiro atoms. The number of aromatic nitrogens is 1. The number of amides is 2. The van der Waals surface area contributed by atoms with Crippen molar-refractivity contribution in [2.75, 3.05) is 18.1 Å². The number of rotatable bonds is 7. The summed E-state index contributed by atoms with van der Waals surface area (Å²) >= 11 is 6.13. The number of anilines is 1. The highest BCUT2D eigenvalue weighted by atomic mass is 35.5. The van der Waals surface area contributed by atoms with Crippen molar-refractivity contribution in [3.63, 3.8) is 0 Å². The fraction of sp³-hybridized carbons (Fsp3) is 0.304. The Morgan fingerprint density at radius 2 is 1.76 bits per heavy atom. The fourth-order valence-corrected chi connectivity index (χ4v) is 3.87. The third kappa shape index (κ3) is 4.54. The van der Waals surface area contributed by atoms with Crippen LogP contribution in [0.5, 0.6) is 17.4 Å². The average Bonchev–Trinajstić information content (AvgIpc) is 3.05. The number of carbonyl (C=O) groups is 3. The van der Waals surface area contributed by atoms with Crippen molar-refractivity contribution in [3.8, 4) is 17.4 Å². The SMILES string of the molecule is CCOC(=O)COc1ccccc1Oc1nc(N2C(=O)C3=C(CCCC3)C2=O)c(F)cc1Cl. The van der Waals surface area contributed by atoms with Gasteiger partial charge in [-0.15, -0.1) is 0 Å². The summed E-state index contributed by atoms with van der Waals surface area (Å²) in [6.45, 7) is 1.54.